The number of benzene rings is 1. The number of para-hydroxylation sites is 1. The molecule has 1 atom stereocenters. The number of likely N-dealkylation sites (tertiary alicyclic amines) is 1. The smallest absolute Gasteiger partial charge is 0.133 e. The van der Waals surface area contributed by atoms with E-state index in [9.17, 15) is 5.11 Å². The summed E-state index contributed by atoms with van der Waals surface area (Å²) < 4.78 is 6.51. The van der Waals surface area contributed by atoms with Gasteiger partial charge >= 0.3 is 0 Å². The van der Waals surface area contributed by atoms with Gasteiger partial charge in [-0.15, -0.1) is 12.4 Å². The molecule has 0 saturated carbocycles. The zero-order chi connectivity index (χ0) is 12.1. The number of β-amino-alcohol motifs (C(OH)–C–C–N with tert-alkyl or cyclic N) is 1. The van der Waals surface area contributed by atoms with E-state index in [0.717, 1.165) is 23.3 Å². The molecule has 0 spiro atoms. The molecule has 1 fully saturated rings. The number of aliphatic hydroxyl groups is 1. The Balaban J connectivity index is 0.00000162. The Morgan fingerprint density at radius 1 is 1.28 bits per heavy atom. The van der Waals surface area contributed by atoms with Gasteiger partial charge in [0, 0.05) is 6.54 Å². The van der Waals surface area contributed by atoms with Crippen molar-refractivity contribution in [1.29, 1.82) is 0 Å². The summed E-state index contributed by atoms with van der Waals surface area (Å²) >= 11 is 3.42. The SMILES string of the molecule is Cl.OC(COc1ccccc1Br)CN1CCCC1. The molecule has 1 unspecified atom stereocenters. The summed E-state index contributed by atoms with van der Waals surface area (Å²) in [5.41, 5.74) is 0. The largest absolute Gasteiger partial charge is 0.490 e. The lowest BCUT2D eigenvalue weighted by atomic mass is 10.3. The highest BCUT2D eigenvalue weighted by atomic mass is 79.9. The summed E-state index contributed by atoms with van der Waals surface area (Å²) in [6.45, 7) is 3.27. The minimum Gasteiger partial charge on any atom is -0.490 e. The maximum atomic E-state index is 9.88. The number of nitrogens with zero attached hydrogens (tertiary/aromatic N) is 1. The van der Waals surface area contributed by atoms with E-state index in [1.807, 2.05) is 24.3 Å². The van der Waals surface area contributed by atoms with Crippen LogP contribution in [0.3, 0.4) is 0 Å². The minimum absolute atomic E-state index is 0. The Kier molecular flexibility index (Phi) is 7.00. The number of hydrogen-bond donors (Lipinski definition) is 1. The van der Waals surface area contributed by atoms with Crippen LogP contribution in [-0.4, -0.2) is 42.4 Å². The number of ether oxygens (including phenoxy) is 1. The monoisotopic (exact) mass is 335 g/mol. The fraction of sp³-hybridized carbons (Fsp3) is 0.538. The van der Waals surface area contributed by atoms with Gasteiger partial charge in [-0.3, -0.25) is 0 Å². The molecule has 0 aromatic heterocycles. The summed E-state index contributed by atoms with van der Waals surface area (Å²) in [5, 5.41) is 9.88. The topological polar surface area (TPSA) is 32.7 Å². The lowest BCUT2D eigenvalue weighted by molar-refractivity contribution is 0.0755. The van der Waals surface area contributed by atoms with Gasteiger partial charge in [0.15, 0.2) is 0 Å². The van der Waals surface area contributed by atoms with Crippen molar-refractivity contribution < 1.29 is 9.84 Å². The molecular weight excluding hydrogens is 318 g/mol. The first-order valence-corrected chi connectivity index (χ1v) is 6.83. The first-order valence-electron chi connectivity index (χ1n) is 6.03. The van der Waals surface area contributed by atoms with Gasteiger partial charge in [-0.05, 0) is 54.0 Å². The molecule has 2 rings (SSSR count). The van der Waals surface area contributed by atoms with Crippen molar-refractivity contribution in [1.82, 2.24) is 4.90 Å². The molecule has 0 radical (unpaired) electrons. The van der Waals surface area contributed by atoms with Crippen LogP contribution < -0.4 is 4.74 Å². The van der Waals surface area contributed by atoms with Crippen LogP contribution in [0.4, 0.5) is 0 Å². The van der Waals surface area contributed by atoms with Gasteiger partial charge in [0.25, 0.3) is 0 Å². The van der Waals surface area contributed by atoms with Crippen LogP contribution in [0, 0.1) is 0 Å². The molecular formula is C13H19BrClNO2. The van der Waals surface area contributed by atoms with Gasteiger partial charge in [0.2, 0.25) is 0 Å². The normalized spacial score (nSPS) is 17.2. The predicted molar refractivity (Wildman–Crippen MR) is 78.6 cm³/mol. The fourth-order valence-corrected chi connectivity index (χ4v) is 2.46. The van der Waals surface area contributed by atoms with Crippen LogP contribution in [0.15, 0.2) is 28.7 Å². The third-order valence-electron chi connectivity index (χ3n) is 2.94. The van der Waals surface area contributed by atoms with Gasteiger partial charge in [-0.25, -0.2) is 0 Å². The first-order chi connectivity index (χ1) is 8.25. The standard InChI is InChI=1S/C13H18BrNO2.ClH/c14-12-5-1-2-6-13(12)17-10-11(16)9-15-7-3-4-8-15;/h1-2,5-6,11,16H,3-4,7-10H2;1H. The van der Waals surface area contributed by atoms with Gasteiger partial charge in [0.05, 0.1) is 4.47 Å². The molecule has 1 aliphatic heterocycles. The number of hydrogen-bond acceptors (Lipinski definition) is 3. The Morgan fingerprint density at radius 3 is 2.61 bits per heavy atom. The van der Waals surface area contributed by atoms with Crippen molar-refractivity contribution in [3.63, 3.8) is 0 Å². The third kappa shape index (κ3) is 4.76. The highest BCUT2D eigenvalue weighted by molar-refractivity contribution is 9.10. The second-order valence-corrected chi connectivity index (χ2v) is 5.26. The molecule has 18 heavy (non-hydrogen) atoms. The third-order valence-corrected chi connectivity index (χ3v) is 3.59. The average Bonchev–Trinajstić information content (AvgIpc) is 2.81. The molecule has 3 nitrogen and oxygen atoms in total. The van der Waals surface area contributed by atoms with E-state index in [1.54, 1.807) is 0 Å². The molecule has 1 aromatic rings. The summed E-state index contributed by atoms with van der Waals surface area (Å²) in [6.07, 6.45) is 2.08. The Morgan fingerprint density at radius 2 is 1.94 bits per heavy atom. The first kappa shape index (κ1) is 15.8. The van der Waals surface area contributed by atoms with Crippen molar-refractivity contribution >= 4 is 28.3 Å². The molecule has 0 amide bonds. The number of halogens is 2. The molecule has 1 heterocycles. The summed E-state index contributed by atoms with van der Waals surface area (Å²) in [7, 11) is 0. The Labute approximate surface area is 123 Å². The van der Waals surface area contributed by atoms with Crippen molar-refractivity contribution in [2.24, 2.45) is 0 Å². The van der Waals surface area contributed by atoms with Gasteiger partial charge in [-0.1, -0.05) is 12.1 Å². The van der Waals surface area contributed by atoms with Crippen LogP contribution in [0.1, 0.15) is 12.8 Å². The number of rotatable bonds is 5. The van der Waals surface area contributed by atoms with Crippen LogP contribution in [0.25, 0.3) is 0 Å². The Hall–Kier alpha value is -0.290. The zero-order valence-electron chi connectivity index (χ0n) is 10.2. The van der Waals surface area contributed by atoms with E-state index >= 15 is 0 Å². The predicted octanol–water partition coefficient (Wildman–Crippen LogP) is 2.71. The molecule has 102 valence electrons. The van der Waals surface area contributed by atoms with E-state index in [2.05, 4.69) is 20.8 Å². The van der Waals surface area contributed by atoms with E-state index in [4.69, 9.17) is 4.74 Å². The van der Waals surface area contributed by atoms with Crippen LogP contribution in [-0.2, 0) is 0 Å². The lowest BCUT2D eigenvalue weighted by Crippen LogP contribution is -2.33. The maximum Gasteiger partial charge on any atom is 0.133 e. The number of aliphatic hydroxyl groups excluding tert-OH is 1. The fourth-order valence-electron chi connectivity index (χ4n) is 2.06. The van der Waals surface area contributed by atoms with Crippen molar-refractivity contribution in [3.05, 3.63) is 28.7 Å². The molecule has 1 aromatic carbocycles. The minimum atomic E-state index is -0.416. The summed E-state index contributed by atoms with van der Waals surface area (Å²) in [4.78, 5) is 2.29. The van der Waals surface area contributed by atoms with Gasteiger partial charge in [0.1, 0.15) is 18.5 Å². The van der Waals surface area contributed by atoms with E-state index in [1.165, 1.54) is 12.8 Å². The van der Waals surface area contributed by atoms with Gasteiger partial charge in [-0.2, -0.15) is 0 Å². The van der Waals surface area contributed by atoms with Crippen LogP contribution >= 0.6 is 28.3 Å². The molecule has 1 saturated heterocycles. The van der Waals surface area contributed by atoms with E-state index in [-0.39, 0.29) is 12.4 Å². The van der Waals surface area contributed by atoms with Crippen LogP contribution in [0.5, 0.6) is 5.75 Å². The second-order valence-electron chi connectivity index (χ2n) is 4.40. The average molecular weight is 337 g/mol. The highest BCUT2D eigenvalue weighted by Crippen LogP contribution is 2.23. The van der Waals surface area contributed by atoms with Crippen molar-refractivity contribution in [3.8, 4) is 5.75 Å². The summed E-state index contributed by atoms with van der Waals surface area (Å²) in [5.74, 6) is 0.785. The summed E-state index contributed by atoms with van der Waals surface area (Å²) in [6, 6.07) is 7.69. The van der Waals surface area contributed by atoms with E-state index in [0.29, 0.717) is 13.2 Å². The quantitative estimate of drug-likeness (QED) is 0.897. The van der Waals surface area contributed by atoms with E-state index < -0.39 is 6.10 Å². The molecule has 0 aliphatic carbocycles. The zero-order valence-corrected chi connectivity index (χ0v) is 12.6. The molecule has 0 bridgehead atoms. The molecule has 1 N–H and O–H groups in total. The van der Waals surface area contributed by atoms with Crippen LogP contribution in [0.2, 0.25) is 0 Å². The Bertz CT molecular complexity index is 359. The van der Waals surface area contributed by atoms with Crippen molar-refractivity contribution in [2.75, 3.05) is 26.2 Å². The molecule has 5 heteroatoms. The highest BCUT2D eigenvalue weighted by Gasteiger charge is 2.16. The second kappa shape index (κ2) is 8.00. The van der Waals surface area contributed by atoms with Crippen molar-refractivity contribution in [2.45, 2.75) is 18.9 Å². The molecule has 1 aliphatic rings. The lowest BCUT2D eigenvalue weighted by Gasteiger charge is -2.19. The van der Waals surface area contributed by atoms with Gasteiger partial charge < -0.3 is 14.7 Å². The maximum absolute atomic E-state index is 9.88.